The van der Waals surface area contributed by atoms with Gasteiger partial charge in [0.15, 0.2) is 0 Å². The van der Waals surface area contributed by atoms with Crippen LogP contribution in [0.4, 0.5) is 11.4 Å². The van der Waals surface area contributed by atoms with Gasteiger partial charge in [0.05, 0.1) is 17.3 Å². The van der Waals surface area contributed by atoms with E-state index in [1.807, 2.05) is 11.0 Å². The third-order valence-corrected chi connectivity index (χ3v) is 3.61. The highest BCUT2D eigenvalue weighted by atomic mass is 16.2. The van der Waals surface area contributed by atoms with Crippen LogP contribution in [0.3, 0.4) is 0 Å². The second kappa shape index (κ2) is 5.40. The molecule has 108 valence electrons. The Morgan fingerprint density at radius 1 is 1.35 bits per heavy atom. The first-order chi connectivity index (χ1) is 9.40. The summed E-state index contributed by atoms with van der Waals surface area (Å²) in [5.41, 5.74) is 13.3. The van der Waals surface area contributed by atoms with Crippen LogP contribution in [0, 0.1) is 5.92 Å². The molecule has 0 bridgehead atoms. The van der Waals surface area contributed by atoms with Crippen molar-refractivity contribution >= 4 is 23.2 Å². The highest BCUT2D eigenvalue weighted by Crippen LogP contribution is 2.29. The summed E-state index contributed by atoms with van der Waals surface area (Å²) in [5.74, 6) is -0.484. The first-order valence-corrected chi connectivity index (χ1v) is 6.55. The summed E-state index contributed by atoms with van der Waals surface area (Å²) in [6.45, 7) is 1.33. The lowest BCUT2D eigenvalue weighted by Gasteiger charge is -2.21. The molecule has 0 aliphatic carbocycles. The smallest absolute Gasteiger partial charge is 0.253 e. The van der Waals surface area contributed by atoms with E-state index in [0.717, 1.165) is 18.7 Å². The van der Waals surface area contributed by atoms with Crippen LogP contribution in [-0.2, 0) is 4.79 Å². The Bertz CT molecular complexity index is 542. The number of carbonyl (C=O) groups excluding carboxylic acids is 2. The van der Waals surface area contributed by atoms with Crippen LogP contribution in [0.15, 0.2) is 18.2 Å². The zero-order valence-electron chi connectivity index (χ0n) is 11.8. The molecule has 2 amide bonds. The van der Waals surface area contributed by atoms with Crippen molar-refractivity contribution in [2.24, 2.45) is 11.7 Å². The summed E-state index contributed by atoms with van der Waals surface area (Å²) in [7, 11) is 3.40. The van der Waals surface area contributed by atoms with Crippen LogP contribution in [0.25, 0.3) is 0 Å². The minimum absolute atomic E-state index is 0.0836. The Morgan fingerprint density at radius 2 is 2.05 bits per heavy atom. The summed E-state index contributed by atoms with van der Waals surface area (Å²) in [5, 5.41) is 0. The molecular formula is C14H20N4O2. The molecule has 1 heterocycles. The van der Waals surface area contributed by atoms with Gasteiger partial charge in [-0.15, -0.1) is 0 Å². The van der Waals surface area contributed by atoms with E-state index in [2.05, 4.69) is 0 Å². The summed E-state index contributed by atoms with van der Waals surface area (Å²) in [6, 6.07) is 5.26. The van der Waals surface area contributed by atoms with Crippen molar-refractivity contribution in [3.8, 4) is 0 Å². The lowest BCUT2D eigenvalue weighted by Crippen LogP contribution is -2.28. The predicted octanol–water partition coefficient (Wildman–Crippen LogP) is 0.282. The van der Waals surface area contributed by atoms with E-state index in [1.54, 1.807) is 26.2 Å². The average molecular weight is 276 g/mol. The maximum Gasteiger partial charge on any atom is 0.253 e. The number of nitrogens with zero attached hydrogens (tertiary/aromatic N) is 2. The van der Waals surface area contributed by atoms with Gasteiger partial charge in [0.2, 0.25) is 5.91 Å². The van der Waals surface area contributed by atoms with Crippen molar-refractivity contribution in [2.75, 3.05) is 37.8 Å². The molecule has 0 spiro atoms. The van der Waals surface area contributed by atoms with E-state index in [0.29, 0.717) is 17.8 Å². The van der Waals surface area contributed by atoms with Crippen molar-refractivity contribution in [1.29, 1.82) is 0 Å². The maximum atomic E-state index is 11.9. The molecule has 1 atom stereocenters. The van der Waals surface area contributed by atoms with Crippen molar-refractivity contribution in [3.05, 3.63) is 23.8 Å². The number of primary amides is 1. The Labute approximate surface area is 118 Å². The molecule has 1 aliphatic heterocycles. The van der Waals surface area contributed by atoms with E-state index in [-0.39, 0.29) is 17.7 Å². The van der Waals surface area contributed by atoms with Crippen LogP contribution >= 0.6 is 0 Å². The molecule has 1 fully saturated rings. The van der Waals surface area contributed by atoms with Crippen LogP contribution in [0.1, 0.15) is 16.8 Å². The van der Waals surface area contributed by atoms with Gasteiger partial charge in [-0.3, -0.25) is 9.59 Å². The summed E-state index contributed by atoms with van der Waals surface area (Å²) < 4.78 is 0. The number of anilines is 2. The van der Waals surface area contributed by atoms with Crippen molar-refractivity contribution in [2.45, 2.75) is 6.42 Å². The Morgan fingerprint density at radius 3 is 2.55 bits per heavy atom. The highest BCUT2D eigenvalue weighted by molar-refractivity contribution is 5.96. The normalized spacial score (nSPS) is 18.1. The number of nitrogen functional groups attached to an aromatic ring is 1. The lowest BCUT2D eigenvalue weighted by molar-refractivity contribution is -0.121. The second-order valence-corrected chi connectivity index (χ2v) is 5.31. The van der Waals surface area contributed by atoms with Gasteiger partial charge in [-0.25, -0.2) is 0 Å². The fourth-order valence-corrected chi connectivity index (χ4v) is 2.45. The monoisotopic (exact) mass is 276 g/mol. The number of amides is 2. The number of rotatable bonds is 3. The number of carbonyl (C=O) groups is 2. The maximum absolute atomic E-state index is 11.9. The zero-order valence-corrected chi connectivity index (χ0v) is 11.8. The van der Waals surface area contributed by atoms with Gasteiger partial charge in [-0.1, -0.05) is 0 Å². The lowest BCUT2D eigenvalue weighted by atomic mass is 10.1. The summed E-state index contributed by atoms with van der Waals surface area (Å²) in [6.07, 6.45) is 0.743. The Hall–Kier alpha value is -2.24. The average Bonchev–Trinajstić information content (AvgIpc) is 2.87. The summed E-state index contributed by atoms with van der Waals surface area (Å²) >= 11 is 0. The molecular weight excluding hydrogens is 256 g/mol. The Balaban J connectivity index is 2.19. The highest BCUT2D eigenvalue weighted by Gasteiger charge is 2.27. The first kappa shape index (κ1) is 14.2. The van der Waals surface area contributed by atoms with Crippen molar-refractivity contribution in [1.82, 2.24) is 4.90 Å². The van der Waals surface area contributed by atoms with Crippen LogP contribution in [0.2, 0.25) is 0 Å². The van der Waals surface area contributed by atoms with Crippen LogP contribution in [0.5, 0.6) is 0 Å². The number of hydrogen-bond acceptors (Lipinski definition) is 4. The number of nitrogens with two attached hydrogens (primary N) is 2. The van der Waals surface area contributed by atoms with E-state index in [4.69, 9.17) is 11.5 Å². The molecule has 1 aliphatic rings. The largest absolute Gasteiger partial charge is 0.397 e. The molecule has 1 unspecified atom stereocenters. The SMILES string of the molecule is CN(C)C(=O)c1ccc(N2CCC(C(N)=O)C2)c(N)c1. The third-order valence-electron chi connectivity index (χ3n) is 3.61. The number of benzene rings is 1. The van der Waals surface area contributed by atoms with Gasteiger partial charge in [-0.2, -0.15) is 0 Å². The second-order valence-electron chi connectivity index (χ2n) is 5.31. The molecule has 20 heavy (non-hydrogen) atoms. The van der Waals surface area contributed by atoms with Crippen molar-refractivity contribution < 1.29 is 9.59 Å². The molecule has 0 aromatic heterocycles. The quantitative estimate of drug-likeness (QED) is 0.776. The van der Waals surface area contributed by atoms with Gasteiger partial charge < -0.3 is 21.3 Å². The molecule has 0 saturated carbocycles. The van der Waals surface area contributed by atoms with E-state index >= 15 is 0 Å². The molecule has 1 saturated heterocycles. The van der Waals surface area contributed by atoms with Crippen LogP contribution in [-0.4, -0.2) is 43.9 Å². The Kier molecular flexibility index (Phi) is 3.83. The predicted molar refractivity (Wildman–Crippen MR) is 78.4 cm³/mol. The minimum atomic E-state index is -0.273. The van der Waals surface area contributed by atoms with Gasteiger partial charge in [0.25, 0.3) is 5.91 Å². The minimum Gasteiger partial charge on any atom is -0.397 e. The molecule has 0 radical (unpaired) electrons. The van der Waals surface area contributed by atoms with E-state index in [9.17, 15) is 9.59 Å². The van der Waals surface area contributed by atoms with Gasteiger partial charge >= 0.3 is 0 Å². The molecule has 1 aromatic rings. The molecule has 1 aromatic carbocycles. The fourth-order valence-electron chi connectivity index (χ4n) is 2.45. The zero-order chi connectivity index (χ0) is 14.9. The number of hydrogen-bond donors (Lipinski definition) is 2. The molecule has 6 heteroatoms. The van der Waals surface area contributed by atoms with Crippen LogP contribution < -0.4 is 16.4 Å². The topological polar surface area (TPSA) is 92.7 Å². The standard InChI is InChI=1S/C14H20N4O2/c1-17(2)14(20)9-3-4-12(11(15)7-9)18-6-5-10(8-18)13(16)19/h3-4,7,10H,5-6,8,15H2,1-2H3,(H2,16,19). The van der Waals surface area contributed by atoms with Gasteiger partial charge in [0, 0.05) is 32.7 Å². The molecule has 2 rings (SSSR count). The van der Waals surface area contributed by atoms with Crippen molar-refractivity contribution in [3.63, 3.8) is 0 Å². The van der Waals surface area contributed by atoms with E-state index in [1.165, 1.54) is 4.90 Å². The fraction of sp³-hybridized carbons (Fsp3) is 0.429. The van der Waals surface area contributed by atoms with E-state index < -0.39 is 0 Å². The van der Waals surface area contributed by atoms with Gasteiger partial charge in [-0.05, 0) is 24.6 Å². The molecule has 6 nitrogen and oxygen atoms in total. The third kappa shape index (κ3) is 2.68. The van der Waals surface area contributed by atoms with Gasteiger partial charge in [0.1, 0.15) is 0 Å². The molecule has 4 N–H and O–H groups in total. The summed E-state index contributed by atoms with van der Waals surface area (Å²) in [4.78, 5) is 26.6. The first-order valence-electron chi connectivity index (χ1n) is 6.55.